The molecule has 0 aliphatic heterocycles. The molecule has 0 rings (SSSR count). The molecule has 0 aliphatic rings. The average molecular weight is 317 g/mol. The quantitative estimate of drug-likeness (QED) is 0.719. The van der Waals surface area contributed by atoms with Crippen molar-refractivity contribution in [2.75, 3.05) is 6.54 Å². The van der Waals surface area contributed by atoms with Crippen LogP contribution in [0.5, 0.6) is 0 Å². The maximum Gasteiger partial charge on any atom is 0.422 e. The number of hydrogen-bond acceptors (Lipinski definition) is 4. The molecule has 1 amide bonds. The Labute approximate surface area is 104 Å². The average Bonchev–Trinajstić information content (AvgIpc) is 2.11. The molecule has 0 saturated carbocycles. The van der Waals surface area contributed by atoms with Gasteiger partial charge in [0.05, 0.1) is 6.10 Å². The van der Waals surface area contributed by atoms with Gasteiger partial charge in [-0.2, -0.15) is 13.1 Å². The Kier molecular flexibility index (Phi) is 6.93. The standard InChI is InChI=1S/C8H17BrN2O4S/c1-4-7(9)5-10-16(13,14)11-8(12)15-6(2)3/h6-7,10H,4-5H2,1-3H3,(H,11,12). The summed E-state index contributed by atoms with van der Waals surface area (Å²) in [6.07, 6.45) is -0.571. The lowest BCUT2D eigenvalue weighted by Crippen LogP contribution is -2.43. The first-order valence-corrected chi connectivity index (χ1v) is 7.28. The summed E-state index contributed by atoms with van der Waals surface area (Å²) in [5.74, 6) is 0. The van der Waals surface area contributed by atoms with Crippen LogP contribution in [0.25, 0.3) is 0 Å². The normalized spacial score (nSPS) is 13.6. The molecule has 0 fully saturated rings. The van der Waals surface area contributed by atoms with Crippen LogP contribution >= 0.6 is 15.9 Å². The van der Waals surface area contributed by atoms with E-state index in [4.69, 9.17) is 0 Å². The minimum atomic E-state index is -3.84. The smallest absolute Gasteiger partial charge is 0.422 e. The number of rotatable bonds is 6. The molecule has 0 heterocycles. The van der Waals surface area contributed by atoms with Gasteiger partial charge in [-0.25, -0.2) is 9.52 Å². The molecule has 96 valence electrons. The maximum atomic E-state index is 11.3. The monoisotopic (exact) mass is 316 g/mol. The molecular weight excluding hydrogens is 300 g/mol. The summed E-state index contributed by atoms with van der Waals surface area (Å²) in [6, 6.07) is 0. The Morgan fingerprint density at radius 3 is 2.44 bits per heavy atom. The van der Waals surface area contributed by atoms with E-state index in [9.17, 15) is 13.2 Å². The SMILES string of the molecule is CCC(Br)CNS(=O)(=O)NC(=O)OC(C)C. The van der Waals surface area contributed by atoms with E-state index in [1.54, 1.807) is 18.6 Å². The Morgan fingerprint density at radius 1 is 1.44 bits per heavy atom. The molecule has 6 nitrogen and oxygen atoms in total. The lowest BCUT2D eigenvalue weighted by Gasteiger charge is -2.12. The third-order valence-electron chi connectivity index (χ3n) is 1.50. The van der Waals surface area contributed by atoms with Crippen molar-refractivity contribution in [1.82, 2.24) is 9.44 Å². The zero-order valence-electron chi connectivity index (χ0n) is 9.49. The molecule has 8 heteroatoms. The van der Waals surface area contributed by atoms with E-state index in [2.05, 4.69) is 25.4 Å². The minimum Gasteiger partial charge on any atom is -0.446 e. The zero-order chi connectivity index (χ0) is 12.8. The van der Waals surface area contributed by atoms with E-state index in [1.165, 1.54) is 0 Å². The van der Waals surface area contributed by atoms with E-state index in [0.29, 0.717) is 0 Å². The number of ether oxygens (including phenoxy) is 1. The van der Waals surface area contributed by atoms with Crippen LogP contribution in [-0.4, -0.2) is 32.0 Å². The number of nitrogens with one attached hydrogen (secondary N) is 2. The van der Waals surface area contributed by atoms with Crippen LogP contribution in [0.3, 0.4) is 0 Å². The van der Waals surface area contributed by atoms with Crippen LogP contribution < -0.4 is 9.44 Å². The van der Waals surface area contributed by atoms with Gasteiger partial charge < -0.3 is 4.74 Å². The molecule has 0 aromatic rings. The van der Waals surface area contributed by atoms with Crippen LogP contribution in [0.1, 0.15) is 27.2 Å². The van der Waals surface area contributed by atoms with Gasteiger partial charge in [-0.1, -0.05) is 22.9 Å². The third-order valence-corrected chi connectivity index (χ3v) is 3.45. The number of halogens is 1. The fraction of sp³-hybridized carbons (Fsp3) is 0.875. The predicted octanol–water partition coefficient (Wildman–Crippen LogP) is 1.13. The summed E-state index contributed by atoms with van der Waals surface area (Å²) >= 11 is 3.27. The highest BCUT2D eigenvalue weighted by Crippen LogP contribution is 2.02. The third kappa shape index (κ3) is 7.89. The summed E-state index contributed by atoms with van der Waals surface area (Å²) in [5, 5.41) is 0. The van der Waals surface area contributed by atoms with E-state index >= 15 is 0 Å². The van der Waals surface area contributed by atoms with Crippen LogP contribution in [-0.2, 0) is 14.9 Å². The fourth-order valence-corrected chi connectivity index (χ4v) is 1.86. The predicted molar refractivity (Wildman–Crippen MR) is 64.7 cm³/mol. The molecule has 16 heavy (non-hydrogen) atoms. The molecule has 0 saturated heterocycles. The van der Waals surface area contributed by atoms with Gasteiger partial charge in [-0.15, -0.1) is 0 Å². The minimum absolute atomic E-state index is 0.0326. The number of hydrogen-bond donors (Lipinski definition) is 2. The molecular formula is C8H17BrN2O4S. The van der Waals surface area contributed by atoms with Gasteiger partial charge in [0.15, 0.2) is 0 Å². The Balaban J connectivity index is 4.10. The zero-order valence-corrected chi connectivity index (χ0v) is 11.9. The van der Waals surface area contributed by atoms with Gasteiger partial charge in [-0.3, -0.25) is 0 Å². The van der Waals surface area contributed by atoms with Gasteiger partial charge in [0.25, 0.3) is 0 Å². The number of amides is 1. The second-order valence-electron chi connectivity index (χ2n) is 3.41. The van der Waals surface area contributed by atoms with Crippen molar-refractivity contribution in [1.29, 1.82) is 0 Å². The summed E-state index contributed by atoms with van der Waals surface area (Å²) < 4.78 is 31.2. The number of carbonyl (C=O) groups is 1. The first-order chi connectivity index (χ1) is 7.26. The van der Waals surface area contributed by atoms with E-state index in [1.807, 2.05) is 6.92 Å². The summed E-state index contributed by atoms with van der Waals surface area (Å²) in [4.78, 5) is 11.1. The molecule has 0 aromatic heterocycles. The van der Waals surface area contributed by atoms with Gasteiger partial charge in [0.1, 0.15) is 0 Å². The summed E-state index contributed by atoms with van der Waals surface area (Å²) in [5.41, 5.74) is 0. The van der Waals surface area contributed by atoms with Gasteiger partial charge >= 0.3 is 16.3 Å². The fourth-order valence-electron chi connectivity index (χ4n) is 0.728. The lowest BCUT2D eigenvalue weighted by molar-refractivity contribution is 0.121. The Morgan fingerprint density at radius 2 is 2.00 bits per heavy atom. The molecule has 0 aliphatic carbocycles. The maximum absolute atomic E-state index is 11.3. The summed E-state index contributed by atoms with van der Waals surface area (Å²) in [6.45, 7) is 5.38. The number of alkyl halides is 1. The van der Waals surface area contributed by atoms with E-state index < -0.39 is 16.3 Å². The van der Waals surface area contributed by atoms with Gasteiger partial charge in [-0.05, 0) is 20.3 Å². The van der Waals surface area contributed by atoms with Crippen molar-refractivity contribution in [2.24, 2.45) is 0 Å². The second-order valence-corrected chi connectivity index (χ2v) is 6.21. The van der Waals surface area contributed by atoms with Gasteiger partial charge in [0.2, 0.25) is 0 Å². The Hall–Kier alpha value is -0.340. The second kappa shape index (κ2) is 7.08. The molecule has 1 unspecified atom stereocenters. The molecule has 2 N–H and O–H groups in total. The summed E-state index contributed by atoms with van der Waals surface area (Å²) in [7, 11) is -3.84. The van der Waals surface area contributed by atoms with Crippen molar-refractivity contribution in [3.05, 3.63) is 0 Å². The van der Waals surface area contributed by atoms with Crippen molar-refractivity contribution in [2.45, 2.75) is 38.1 Å². The van der Waals surface area contributed by atoms with Crippen molar-refractivity contribution in [3.8, 4) is 0 Å². The molecule has 0 radical (unpaired) electrons. The van der Waals surface area contributed by atoms with Crippen LogP contribution in [0.2, 0.25) is 0 Å². The molecule has 1 atom stereocenters. The topological polar surface area (TPSA) is 84.5 Å². The van der Waals surface area contributed by atoms with Crippen molar-refractivity contribution < 1.29 is 17.9 Å². The lowest BCUT2D eigenvalue weighted by atomic mass is 10.3. The van der Waals surface area contributed by atoms with Crippen molar-refractivity contribution in [3.63, 3.8) is 0 Å². The Bertz CT molecular complexity index is 318. The van der Waals surface area contributed by atoms with Crippen molar-refractivity contribution >= 4 is 32.2 Å². The highest BCUT2D eigenvalue weighted by Gasteiger charge is 2.16. The largest absolute Gasteiger partial charge is 0.446 e. The molecule has 0 bridgehead atoms. The van der Waals surface area contributed by atoms with Crippen LogP contribution in [0.4, 0.5) is 4.79 Å². The molecule has 0 spiro atoms. The van der Waals surface area contributed by atoms with E-state index in [-0.39, 0.29) is 17.5 Å². The van der Waals surface area contributed by atoms with E-state index in [0.717, 1.165) is 6.42 Å². The first-order valence-electron chi connectivity index (χ1n) is 4.89. The highest BCUT2D eigenvalue weighted by atomic mass is 79.9. The first kappa shape index (κ1) is 15.7. The van der Waals surface area contributed by atoms with Crippen LogP contribution in [0, 0.1) is 0 Å². The highest BCUT2D eigenvalue weighted by molar-refractivity contribution is 9.09. The van der Waals surface area contributed by atoms with Crippen LogP contribution in [0.15, 0.2) is 0 Å². The number of carbonyl (C=O) groups excluding carboxylic acids is 1. The molecule has 0 aromatic carbocycles. The van der Waals surface area contributed by atoms with Gasteiger partial charge in [0, 0.05) is 11.4 Å².